The first-order valence-electron chi connectivity index (χ1n) is 6.45. The Bertz CT molecular complexity index is 569. The molecule has 0 aliphatic carbocycles. The van der Waals surface area contributed by atoms with Gasteiger partial charge in [-0.2, -0.15) is 0 Å². The van der Waals surface area contributed by atoms with Crippen LogP contribution in [0.25, 0.3) is 0 Å². The fourth-order valence-corrected chi connectivity index (χ4v) is 1.53. The summed E-state index contributed by atoms with van der Waals surface area (Å²) in [7, 11) is 3.06. The summed E-state index contributed by atoms with van der Waals surface area (Å²) in [5.41, 5.74) is 0.856. The van der Waals surface area contributed by atoms with Gasteiger partial charge in [-0.3, -0.25) is 10.2 Å². The second-order valence-corrected chi connectivity index (χ2v) is 4.32. The minimum Gasteiger partial charge on any atom is -0.437 e. The molecule has 0 saturated heterocycles. The monoisotopic (exact) mass is 293 g/mol. The van der Waals surface area contributed by atoms with E-state index in [9.17, 15) is 4.39 Å². The molecule has 5 nitrogen and oxygen atoms in total. The molecule has 1 rings (SSSR count). The first-order chi connectivity index (χ1) is 9.97. The van der Waals surface area contributed by atoms with Gasteiger partial charge < -0.3 is 4.42 Å². The van der Waals surface area contributed by atoms with E-state index in [0.29, 0.717) is 18.1 Å². The van der Waals surface area contributed by atoms with Crippen LogP contribution in [-0.2, 0) is 11.3 Å². The van der Waals surface area contributed by atoms with Crippen LogP contribution >= 0.6 is 0 Å². The van der Waals surface area contributed by atoms with Crippen LogP contribution in [0, 0.1) is 5.41 Å². The highest BCUT2D eigenvalue weighted by Gasteiger charge is 2.13. The number of nitrogens with zero attached hydrogens (tertiary/aromatic N) is 2. The van der Waals surface area contributed by atoms with E-state index < -0.39 is 0 Å². The summed E-state index contributed by atoms with van der Waals surface area (Å²) in [6.45, 7) is 3.26. The van der Waals surface area contributed by atoms with E-state index in [-0.39, 0.29) is 11.7 Å². The Kier molecular flexibility index (Phi) is 6.55. The molecule has 0 aliphatic heterocycles. The van der Waals surface area contributed by atoms with Gasteiger partial charge in [0, 0.05) is 13.5 Å². The van der Waals surface area contributed by atoms with E-state index >= 15 is 0 Å². The molecule has 1 aromatic rings. The van der Waals surface area contributed by atoms with Crippen molar-refractivity contribution in [2.24, 2.45) is 0 Å². The molecular formula is C15H20FN3O2. The first-order valence-corrected chi connectivity index (χ1v) is 6.45. The van der Waals surface area contributed by atoms with Crippen molar-refractivity contribution in [2.45, 2.75) is 20.3 Å². The molecule has 1 aromatic heterocycles. The van der Waals surface area contributed by atoms with Gasteiger partial charge in [0.2, 0.25) is 0 Å². The molecule has 0 unspecified atom stereocenters. The van der Waals surface area contributed by atoms with Crippen molar-refractivity contribution >= 4 is 5.84 Å². The second-order valence-electron chi connectivity index (χ2n) is 4.32. The molecule has 1 N–H and O–H groups in total. The maximum absolute atomic E-state index is 12.8. The van der Waals surface area contributed by atoms with Crippen molar-refractivity contribution in [2.75, 3.05) is 14.2 Å². The van der Waals surface area contributed by atoms with E-state index in [1.165, 1.54) is 31.4 Å². The van der Waals surface area contributed by atoms with Crippen molar-refractivity contribution in [3.63, 3.8) is 0 Å². The minimum absolute atomic E-state index is 0.0762. The van der Waals surface area contributed by atoms with Crippen LogP contribution in [0.2, 0.25) is 0 Å². The number of oxazole rings is 1. The summed E-state index contributed by atoms with van der Waals surface area (Å²) in [6.07, 6.45) is 8.66. The SMILES string of the molecule is C\C=C/C(=C\C=C(/C)F)Cc1ncc(C(=N)N(C)OC)o1. The smallest absolute Gasteiger partial charge is 0.199 e. The van der Waals surface area contributed by atoms with Crippen molar-refractivity contribution in [1.29, 1.82) is 5.41 Å². The number of halogens is 1. The fraction of sp³-hybridized carbons (Fsp3) is 0.333. The van der Waals surface area contributed by atoms with E-state index in [4.69, 9.17) is 14.7 Å². The Labute approximate surface area is 123 Å². The molecule has 1 heterocycles. The predicted molar refractivity (Wildman–Crippen MR) is 79.6 cm³/mol. The molecule has 114 valence electrons. The Hall–Kier alpha value is -2.21. The van der Waals surface area contributed by atoms with Gasteiger partial charge in [0.25, 0.3) is 0 Å². The van der Waals surface area contributed by atoms with Crippen LogP contribution in [0.5, 0.6) is 0 Å². The first kappa shape index (κ1) is 16.8. The highest BCUT2D eigenvalue weighted by molar-refractivity contribution is 5.92. The maximum atomic E-state index is 12.8. The molecule has 0 saturated carbocycles. The average Bonchev–Trinajstić information content (AvgIpc) is 2.91. The van der Waals surface area contributed by atoms with Crippen LogP contribution in [-0.4, -0.2) is 30.0 Å². The molecule has 0 aromatic carbocycles. The molecule has 0 aliphatic rings. The highest BCUT2D eigenvalue weighted by Crippen LogP contribution is 2.13. The van der Waals surface area contributed by atoms with Gasteiger partial charge in [-0.25, -0.2) is 14.4 Å². The lowest BCUT2D eigenvalue weighted by Gasteiger charge is -2.13. The third kappa shape index (κ3) is 5.35. The quantitative estimate of drug-likeness (QED) is 0.378. The van der Waals surface area contributed by atoms with Crippen molar-refractivity contribution in [3.05, 3.63) is 53.6 Å². The lowest BCUT2D eigenvalue weighted by molar-refractivity contribution is -0.0428. The second kappa shape index (κ2) is 8.16. The van der Waals surface area contributed by atoms with Crippen LogP contribution < -0.4 is 0 Å². The van der Waals surface area contributed by atoms with E-state index in [1.807, 2.05) is 19.1 Å². The van der Waals surface area contributed by atoms with Gasteiger partial charge in [0.1, 0.15) is 0 Å². The molecule has 0 radical (unpaired) electrons. The number of allylic oxidation sites excluding steroid dienone is 6. The lowest BCUT2D eigenvalue weighted by Crippen LogP contribution is -2.24. The standard InChI is InChI=1S/C15H20FN3O2/c1-5-6-12(8-7-11(2)16)9-14-18-10-13(21-14)15(17)19(3)20-4/h5-8,10,17H,9H2,1-4H3/b6-5-,11-7+,12-8+,17-15?. The Balaban J connectivity index is 2.87. The molecule has 21 heavy (non-hydrogen) atoms. The number of aromatic nitrogens is 1. The zero-order valence-electron chi connectivity index (χ0n) is 12.7. The van der Waals surface area contributed by atoms with Gasteiger partial charge in [-0.1, -0.05) is 18.2 Å². The summed E-state index contributed by atoms with van der Waals surface area (Å²) < 4.78 is 18.3. The number of hydrogen-bond acceptors (Lipinski definition) is 4. The topological polar surface area (TPSA) is 62.4 Å². The Morgan fingerprint density at radius 2 is 2.24 bits per heavy atom. The van der Waals surface area contributed by atoms with E-state index in [0.717, 1.165) is 5.57 Å². The van der Waals surface area contributed by atoms with Crippen molar-refractivity contribution in [3.8, 4) is 0 Å². The van der Waals surface area contributed by atoms with Gasteiger partial charge in [0.05, 0.1) is 19.1 Å². The summed E-state index contributed by atoms with van der Waals surface area (Å²) in [5.74, 6) is 0.570. The molecule has 6 heteroatoms. The Morgan fingerprint density at radius 1 is 1.52 bits per heavy atom. The molecule has 0 spiro atoms. The third-order valence-electron chi connectivity index (χ3n) is 2.64. The van der Waals surface area contributed by atoms with E-state index in [2.05, 4.69) is 4.98 Å². The zero-order chi connectivity index (χ0) is 15.8. The average molecular weight is 293 g/mol. The fourth-order valence-electron chi connectivity index (χ4n) is 1.53. The van der Waals surface area contributed by atoms with Gasteiger partial charge in [-0.15, -0.1) is 0 Å². The van der Waals surface area contributed by atoms with Crippen LogP contribution in [0.1, 0.15) is 25.5 Å². The number of nitrogens with one attached hydrogen (secondary N) is 1. The van der Waals surface area contributed by atoms with Crippen LogP contribution in [0.15, 0.2) is 46.3 Å². The summed E-state index contributed by atoms with van der Waals surface area (Å²) >= 11 is 0. The third-order valence-corrected chi connectivity index (χ3v) is 2.64. The van der Waals surface area contributed by atoms with E-state index in [1.54, 1.807) is 13.1 Å². The number of amidine groups is 1. The normalized spacial score (nSPS) is 13.0. The number of rotatable bonds is 6. The number of hydroxylamine groups is 2. The molecule has 0 atom stereocenters. The van der Waals surface area contributed by atoms with Gasteiger partial charge in [0.15, 0.2) is 17.5 Å². The molecular weight excluding hydrogens is 273 g/mol. The number of hydrogen-bond donors (Lipinski definition) is 1. The maximum Gasteiger partial charge on any atom is 0.199 e. The summed E-state index contributed by atoms with van der Waals surface area (Å²) in [6, 6.07) is 0. The molecule has 0 bridgehead atoms. The minimum atomic E-state index is -0.270. The largest absolute Gasteiger partial charge is 0.437 e. The molecule has 0 fully saturated rings. The van der Waals surface area contributed by atoms with Crippen molar-refractivity contribution < 1.29 is 13.6 Å². The van der Waals surface area contributed by atoms with Crippen LogP contribution in [0.4, 0.5) is 4.39 Å². The van der Waals surface area contributed by atoms with Crippen LogP contribution in [0.3, 0.4) is 0 Å². The molecule has 0 amide bonds. The Morgan fingerprint density at radius 3 is 2.81 bits per heavy atom. The van der Waals surface area contributed by atoms with Crippen molar-refractivity contribution in [1.82, 2.24) is 10.0 Å². The van der Waals surface area contributed by atoms with Gasteiger partial charge >= 0.3 is 0 Å². The zero-order valence-corrected chi connectivity index (χ0v) is 12.7. The lowest BCUT2D eigenvalue weighted by atomic mass is 10.1. The summed E-state index contributed by atoms with van der Waals surface area (Å²) in [4.78, 5) is 9.03. The van der Waals surface area contributed by atoms with Gasteiger partial charge in [-0.05, 0) is 25.5 Å². The predicted octanol–water partition coefficient (Wildman–Crippen LogP) is 3.41. The summed E-state index contributed by atoms with van der Waals surface area (Å²) in [5, 5.41) is 9.10. The highest BCUT2D eigenvalue weighted by atomic mass is 19.1.